The maximum Gasteiger partial charge on any atom is 0.246 e. The van der Waals surface area contributed by atoms with Gasteiger partial charge in [-0.1, -0.05) is 29.3 Å². The van der Waals surface area contributed by atoms with Gasteiger partial charge in [0.2, 0.25) is 10.0 Å². The van der Waals surface area contributed by atoms with Crippen molar-refractivity contribution in [1.29, 1.82) is 0 Å². The monoisotopic (exact) mass is 358 g/mol. The molecule has 3 rings (SSSR count). The summed E-state index contributed by atoms with van der Waals surface area (Å²) >= 11 is 12.2. The van der Waals surface area contributed by atoms with E-state index in [-0.39, 0.29) is 21.0 Å². The Morgan fingerprint density at radius 2 is 1.73 bits per heavy atom. The molecule has 0 saturated carbocycles. The van der Waals surface area contributed by atoms with Crippen LogP contribution in [0.4, 0.5) is 0 Å². The number of fused-ring (bicyclic) bond motifs is 1. The van der Waals surface area contributed by atoms with Crippen molar-refractivity contribution in [3.63, 3.8) is 0 Å². The lowest BCUT2D eigenvalue weighted by molar-refractivity contribution is 0.280. The second kappa shape index (κ2) is 5.57. The lowest BCUT2D eigenvalue weighted by atomic mass is 10.2. The largest absolute Gasteiger partial charge is 0.346 e. The smallest absolute Gasteiger partial charge is 0.246 e. The molecule has 4 nitrogen and oxygen atoms in total. The quantitative estimate of drug-likeness (QED) is 0.817. The van der Waals surface area contributed by atoms with Crippen LogP contribution in [0.2, 0.25) is 10.0 Å². The zero-order valence-electron chi connectivity index (χ0n) is 12.3. The average Bonchev–Trinajstić information content (AvgIpc) is 2.81. The predicted molar refractivity (Wildman–Crippen MR) is 87.9 cm³/mol. The fourth-order valence-electron chi connectivity index (χ4n) is 2.97. The molecule has 0 saturated heterocycles. The van der Waals surface area contributed by atoms with Crippen molar-refractivity contribution in [1.82, 2.24) is 8.87 Å². The zero-order valence-corrected chi connectivity index (χ0v) is 14.6. The summed E-state index contributed by atoms with van der Waals surface area (Å²) < 4.78 is 29.6. The van der Waals surface area contributed by atoms with Gasteiger partial charge in [0.25, 0.3) is 0 Å². The summed E-state index contributed by atoms with van der Waals surface area (Å²) in [4.78, 5) is -0.0121. The third-order valence-electron chi connectivity index (χ3n) is 4.12. The van der Waals surface area contributed by atoms with Crippen LogP contribution in [0.1, 0.15) is 24.4 Å². The Bertz CT molecular complexity index is 810. The van der Waals surface area contributed by atoms with E-state index in [0.29, 0.717) is 13.1 Å². The van der Waals surface area contributed by atoms with Gasteiger partial charge in [0, 0.05) is 24.5 Å². The van der Waals surface area contributed by atoms with Crippen molar-refractivity contribution >= 4 is 33.2 Å². The molecule has 0 bridgehead atoms. The molecule has 118 valence electrons. The van der Waals surface area contributed by atoms with Gasteiger partial charge in [-0.2, -0.15) is 4.31 Å². The molecule has 0 radical (unpaired) electrons. The Labute approximate surface area is 140 Å². The van der Waals surface area contributed by atoms with Gasteiger partial charge in [0.05, 0.1) is 16.1 Å². The first-order valence-corrected chi connectivity index (χ1v) is 9.15. The van der Waals surface area contributed by atoms with E-state index < -0.39 is 10.0 Å². The summed E-state index contributed by atoms with van der Waals surface area (Å²) in [7, 11) is -3.75. The molecule has 0 N–H and O–H groups in total. The molecule has 0 spiro atoms. The second-order valence-corrected chi connectivity index (χ2v) is 8.04. The van der Waals surface area contributed by atoms with Gasteiger partial charge >= 0.3 is 0 Å². The molecule has 22 heavy (non-hydrogen) atoms. The number of benzene rings is 1. The maximum atomic E-state index is 13.0. The number of nitrogens with zero attached hydrogens (tertiary/aromatic N) is 2. The summed E-state index contributed by atoms with van der Waals surface area (Å²) in [5, 5.41) is 0.300. The Morgan fingerprint density at radius 1 is 1.09 bits per heavy atom. The molecule has 0 fully saturated rings. The van der Waals surface area contributed by atoms with Gasteiger partial charge in [-0.15, -0.1) is 0 Å². The molecular weight excluding hydrogens is 343 g/mol. The third-order valence-corrected chi connectivity index (χ3v) is 7.05. The number of rotatable bonds is 2. The van der Waals surface area contributed by atoms with Crippen molar-refractivity contribution < 1.29 is 8.42 Å². The highest BCUT2D eigenvalue weighted by atomic mass is 35.5. The minimum atomic E-state index is -3.75. The Hall–Kier alpha value is -1.01. The van der Waals surface area contributed by atoms with Crippen molar-refractivity contribution in [2.45, 2.75) is 31.3 Å². The second-order valence-electron chi connectivity index (χ2n) is 5.39. The van der Waals surface area contributed by atoms with Crippen molar-refractivity contribution in [3.05, 3.63) is 51.8 Å². The first-order valence-electron chi connectivity index (χ1n) is 6.96. The standard InChI is InChI=1S/C15H16Cl2N2O2S/c1-10-6-7-14-11(2)19(9-8-18(10)14)22(20,21)15-12(16)4-3-5-13(15)17/h3-7,11H,8-9H2,1-2H3/t11-/m1/s1. The fourth-order valence-corrected chi connectivity index (χ4v) is 5.67. The number of hydrogen-bond donors (Lipinski definition) is 0. The van der Waals surface area contributed by atoms with E-state index in [9.17, 15) is 8.42 Å². The van der Waals surface area contributed by atoms with Crippen LogP contribution < -0.4 is 0 Å². The third kappa shape index (κ3) is 2.36. The molecule has 2 heterocycles. The molecule has 1 atom stereocenters. The fraction of sp³-hybridized carbons (Fsp3) is 0.333. The Morgan fingerprint density at radius 3 is 2.36 bits per heavy atom. The Balaban J connectivity index is 2.08. The van der Waals surface area contributed by atoms with Crippen molar-refractivity contribution in [3.8, 4) is 0 Å². The first-order chi connectivity index (χ1) is 10.3. The molecule has 2 aromatic rings. The first kappa shape index (κ1) is 15.9. The SMILES string of the molecule is Cc1ccc2n1CCN(S(=O)(=O)c1c(Cl)cccc1Cl)[C@@H]2C. The van der Waals surface area contributed by atoms with Gasteiger partial charge in [-0.05, 0) is 38.1 Å². The van der Waals surface area contributed by atoms with Crippen LogP contribution in [-0.4, -0.2) is 23.8 Å². The summed E-state index contributed by atoms with van der Waals surface area (Å²) in [5.74, 6) is 0. The van der Waals surface area contributed by atoms with Gasteiger partial charge in [-0.25, -0.2) is 8.42 Å². The highest BCUT2D eigenvalue weighted by Crippen LogP contribution is 2.37. The van der Waals surface area contributed by atoms with Crippen LogP contribution in [0.5, 0.6) is 0 Å². The summed E-state index contributed by atoms with van der Waals surface area (Å²) in [6, 6.07) is 8.43. The average molecular weight is 359 g/mol. The Kier molecular flexibility index (Phi) is 4.01. The molecule has 7 heteroatoms. The topological polar surface area (TPSA) is 42.3 Å². The molecule has 0 unspecified atom stereocenters. The van der Waals surface area contributed by atoms with E-state index >= 15 is 0 Å². The van der Waals surface area contributed by atoms with Crippen LogP contribution in [0, 0.1) is 6.92 Å². The maximum absolute atomic E-state index is 13.0. The molecular formula is C15H16Cl2N2O2S. The number of aryl methyl sites for hydroxylation is 1. The van der Waals surface area contributed by atoms with Gasteiger partial charge in [0.15, 0.2) is 0 Å². The van der Waals surface area contributed by atoms with E-state index in [0.717, 1.165) is 11.4 Å². The van der Waals surface area contributed by atoms with E-state index in [2.05, 4.69) is 4.57 Å². The van der Waals surface area contributed by atoms with Gasteiger partial charge in [0.1, 0.15) is 4.90 Å². The van der Waals surface area contributed by atoms with Crippen LogP contribution in [0.25, 0.3) is 0 Å². The van der Waals surface area contributed by atoms with Crippen LogP contribution in [0.3, 0.4) is 0 Å². The number of halogens is 2. The van der Waals surface area contributed by atoms with Crippen LogP contribution >= 0.6 is 23.2 Å². The van der Waals surface area contributed by atoms with E-state index in [4.69, 9.17) is 23.2 Å². The van der Waals surface area contributed by atoms with Gasteiger partial charge < -0.3 is 4.57 Å². The van der Waals surface area contributed by atoms with Crippen molar-refractivity contribution in [2.75, 3.05) is 6.54 Å². The molecule has 1 aromatic heterocycles. The number of hydrogen-bond acceptors (Lipinski definition) is 2. The molecule has 1 aliphatic rings. The predicted octanol–water partition coefficient (Wildman–Crippen LogP) is 3.87. The molecule has 0 aliphatic carbocycles. The number of aromatic nitrogens is 1. The zero-order chi connectivity index (χ0) is 16.1. The van der Waals surface area contributed by atoms with Crippen molar-refractivity contribution in [2.24, 2.45) is 0 Å². The summed E-state index contributed by atoms with van der Waals surface area (Å²) in [6.45, 7) is 4.92. The lowest BCUT2D eigenvalue weighted by Gasteiger charge is -2.34. The summed E-state index contributed by atoms with van der Waals surface area (Å²) in [5.41, 5.74) is 2.12. The van der Waals surface area contributed by atoms with E-state index in [1.54, 1.807) is 18.2 Å². The minimum Gasteiger partial charge on any atom is -0.346 e. The van der Waals surface area contributed by atoms with Crippen LogP contribution in [-0.2, 0) is 16.6 Å². The molecule has 1 aromatic carbocycles. The molecule has 1 aliphatic heterocycles. The highest BCUT2D eigenvalue weighted by Gasteiger charge is 2.36. The highest BCUT2D eigenvalue weighted by molar-refractivity contribution is 7.89. The minimum absolute atomic E-state index is 0.0121. The number of sulfonamides is 1. The summed E-state index contributed by atoms with van der Waals surface area (Å²) in [6.07, 6.45) is 0. The van der Waals surface area contributed by atoms with Gasteiger partial charge in [-0.3, -0.25) is 0 Å². The lowest BCUT2D eigenvalue weighted by Crippen LogP contribution is -2.41. The normalized spacial score (nSPS) is 19.2. The van der Waals surface area contributed by atoms with E-state index in [1.165, 1.54) is 4.31 Å². The molecule has 0 amide bonds. The van der Waals surface area contributed by atoms with E-state index in [1.807, 2.05) is 26.0 Å². The van der Waals surface area contributed by atoms with Crippen LogP contribution in [0.15, 0.2) is 35.2 Å².